The standard InChI is InChI=1S/C15H24N2O/c1-10-8-11(2)15(18-3)14(9-10)17-13-7-5-4-6-12(13)16/h8-9,12-13,17H,4-7,16H2,1-3H3. The number of methoxy groups -OCH3 is 1. The Morgan fingerprint density at radius 2 is 1.94 bits per heavy atom. The van der Waals surface area contributed by atoms with Crippen molar-refractivity contribution < 1.29 is 4.74 Å². The van der Waals surface area contributed by atoms with Gasteiger partial charge in [-0.15, -0.1) is 0 Å². The van der Waals surface area contributed by atoms with Crippen LogP contribution in [0, 0.1) is 13.8 Å². The minimum atomic E-state index is 0.254. The van der Waals surface area contributed by atoms with E-state index < -0.39 is 0 Å². The number of benzene rings is 1. The van der Waals surface area contributed by atoms with Crippen molar-refractivity contribution in [3.63, 3.8) is 0 Å². The van der Waals surface area contributed by atoms with Crippen molar-refractivity contribution in [2.24, 2.45) is 5.73 Å². The SMILES string of the molecule is COc1c(C)cc(C)cc1NC1CCCCC1N. The molecule has 0 aliphatic heterocycles. The molecule has 100 valence electrons. The third-order valence-corrected chi connectivity index (χ3v) is 3.78. The number of nitrogens with two attached hydrogens (primary N) is 1. The van der Waals surface area contributed by atoms with Gasteiger partial charge in [0.15, 0.2) is 0 Å². The summed E-state index contributed by atoms with van der Waals surface area (Å²) in [6.07, 6.45) is 4.78. The molecule has 0 amide bonds. The van der Waals surface area contributed by atoms with Crippen LogP contribution in [0.3, 0.4) is 0 Å². The number of nitrogens with one attached hydrogen (secondary N) is 1. The third-order valence-electron chi connectivity index (χ3n) is 3.78. The van der Waals surface area contributed by atoms with Gasteiger partial charge in [0, 0.05) is 12.1 Å². The fourth-order valence-corrected chi connectivity index (χ4v) is 2.87. The van der Waals surface area contributed by atoms with Crippen molar-refractivity contribution in [1.82, 2.24) is 0 Å². The summed E-state index contributed by atoms with van der Waals surface area (Å²) in [5.74, 6) is 0.943. The Morgan fingerprint density at radius 1 is 1.22 bits per heavy atom. The minimum absolute atomic E-state index is 0.254. The van der Waals surface area contributed by atoms with E-state index in [1.165, 1.54) is 24.0 Å². The van der Waals surface area contributed by atoms with Gasteiger partial charge in [0.2, 0.25) is 0 Å². The molecular weight excluding hydrogens is 224 g/mol. The van der Waals surface area contributed by atoms with Gasteiger partial charge >= 0.3 is 0 Å². The maximum atomic E-state index is 6.19. The van der Waals surface area contributed by atoms with Crippen LogP contribution in [-0.2, 0) is 0 Å². The molecule has 2 rings (SSSR count). The number of hydrogen-bond donors (Lipinski definition) is 2. The molecule has 1 aromatic carbocycles. The van der Waals surface area contributed by atoms with Gasteiger partial charge in [0.05, 0.1) is 12.8 Å². The molecule has 3 N–H and O–H groups in total. The highest BCUT2D eigenvalue weighted by Crippen LogP contribution is 2.32. The topological polar surface area (TPSA) is 47.3 Å². The molecule has 0 heterocycles. The van der Waals surface area contributed by atoms with Crippen LogP contribution < -0.4 is 15.8 Å². The van der Waals surface area contributed by atoms with E-state index in [2.05, 4.69) is 31.3 Å². The Labute approximate surface area is 110 Å². The number of rotatable bonds is 3. The van der Waals surface area contributed by atoms with E-state index in [1.54, 1.807) is 7.11 Å². The summed E-state index contributed by atoms with van der Waals surface area (Å²) < 4.78 is 5.50. The lowest BCUT2D eigenvalue weighted by atomic mass is 9.90. The second kappa shape index (κ2) is 5.61. The van der Waals surface area contributed by atoms with Gasteiger partial charge in [-0.1, -0.05) is 18.9 Å². The van der Waals surface area contributed by atoms with Crippen LogP contribution in [0.1, 0.15) is 36.8 Å². The molecular formula is C15H24N2O. The molecule has 2 atom stereocenters. The van der Waals surface area contributed by atoms with Gasteiger partial charge in [-0.2, -0.15) is 0 Å². The predicted octanol–water partition coefficient (Wildman–Crippen LogP) is 2.99. The molecule has 3 nitrogen and oxygen atoms in total. The summed E-state index contributed by atoms with van der Waals surface area (Å²) in [6.45, 7) is 4.19. The van der Waals surface area contributed by atoms with E-state index in [1.807, 2.05) is 0 Å². The van der Waals surface area contributed by atoms with E-state index in [4.69, 9.17) is 10.5 Å². The highest BCUT2D eigenvalue weighted by atomic mass is 16.5. The second-order valence-corrected chi connectivity index (χ2v) is 5.36. The normalized spacial score (nSPS) is 23.8. The molecule has 0 spiro atoms. The largest absolute Gasteiger partial charge is 0.494 e. The van der Waals surface area contributed by atoms with Crippen molar-refractivity contribution in [1.29, 1.82) is 0 Å². The van der Waals surface area contributed by atoms with Crippen LogP contribution in [0.5, 0.6) is 5.75 Å². The lowest BCUT2D eigenvalue weighted by Crippen LogP contribution is -2.42. The molecule has 0 bridgehead atoms. The van der Waals surface area contributed by atoms with Crippen molar-refractivity contribution >= 4 is 5.69 Å². The molecule has 18 heavy (non-hydrogen) atoms. The molecule has 1 aliphatic rings. The van der Waals surface area contributed by atoms with E-state index in [0.29, 0.717) is 6.04 Å². The van der Waals surface area contributed by atoms with Gasteiger partial charge in [0.1, 0.15) is 5.75 Å². The second-order valence-electron chi connectivity index (χ2n) is 5.36. The van der Waals surface area contributed by atoms with E-state index in [-0.39, 0.29) is 6.04 Å². The van der Waals surface area contributed by atoms with Crippen molar-refractivity contribution in [2.45, 2.75) is 51.6 Å². The molecule has 1 aliphatic carbocycles. The van der Waals surface area contributed by atoms with Crippen LogP contribution in [-0.4, -0.2) is 19.2 Å². The first kappa shape index (κ1) is 13.2. The molecule has 0 aromatic heterocycles. The number of anilines is 1. The Balaban J connectivity index is 2.22. The zero-order chi connectivity index (χ0) is 13.1. The van der Waals surface area contributed by atoms with Gasteiger partial charge in [-0.05, 0) is 43.9 Å². The number of aryl methyl sites for hydroxylation is 2. The summed E-state index contributed by atoms with van der Waals surface area (Å²) in [5.41, 5.74) is 9.69. The zero-order valence-electron chi connectivity index (χ0n) is 11.6. The summed E-state index contributed by atoms with van der Waals surface area (Å²) in [5, 5.41) is 3.58. The summed E-state index contributed by atoms with van der Waals surface area (Å²) in [6, 6.07) is 4.91. The third kappa shape index (κ3) is 2.78. The first-order valence-electron chi connectivity index (χ1n) is 6.79. The summed E-state index contributed by atoms with van der Waals surface area (Å²) >= 11 is 0. The van der Waals surface area contributed by atoms with Crippen LogP contribution in [0.15, 0.2) is 12.1 Å². The van der Waals surface area contributed by atoms with Crippen molar-refractivity contribution in [3.8, 4) is 5.75 Å². The quantitative estimate of drug-likeness (QED) is 0.864. The Bertz CT molecular complexity index is 417. The lowest BCUT2D eigenvalue weighted by molar-refractivity contribution is 0.395. The molecule has 2 unspecified atom stereocenters. The monoisotopic (exact) mass is 248 g/mol. The maximum Gasteiger partial charge on any atom is 0.144 e. The van der Waals surface area contributed by atoms with Crippen LogP contribution in [0.4, 0.5) is 5.69 Å². The predicted molar refractivity (Wildman–Crippen MR) is 76.3 cm³/mol. The average Bonchev–Trinajstić information content (AvgIpc) is 2.31. The number of hydrogen-bond acceptors (Lipinski definition) is 3. The van der Waals surface area contributed by atoms with Gasteiger partial charge in [0.25, 0.3) is 0 Å². The Morgan fingerprint density at radius 3 is 2.61 bits per heavy atom. The molecule has 0 saturated heterocycles. The molecule has 1 saturated carbocycles. The van der Waals surface area contributed by atoms with Crippen LogP contribution in [0.25, 0.3) is 0 Å². The van der Waals surface area contributed by atoms with E-state index in [0.717, 1.165) is 24.3 Å². The highest BCUT2D eigenvalue weighted by molar-refractivity contribution is 5.62. The van der Waals surface area contributed by atoms with Gasteiger partial charge in [-0.3, -0.25) is 0 Å². The van der Waals surface area contributed by atoms with Crippen molar-refractivity contribution in [3.05, 3.63) is 23.3 Å². The van der Waals surface area contributed by atoms with E-state index in [9.17, 15) is 0 Å². The van der Waals surface area contributed by atoms with Crippen molar-refractivity contribution in [2.75, 3.05) is 12.4 Å². The van der Waals surface area contributed by atoms with Crippen LogP contribution >= 0.6 is 0 Å². The van der Waals surface area contributed by atoms with Gasteiger partial charge in [-0.25, -0.2) is 0 Å². The average molecular weight is 248 g/mol. The first-order valence-corrected chi connectivity index (χ1v) is 6.79. The fraction of sp³-hybridized carbons (Fsp3) is 0.600. The Kier molecular flexibility index (Phi) is 4.12. The molecule has 0 radical (unpaired) electrons. The van der Waals surface area contributed by atoms with Crippen LogP contribution in [0.2, 0.25) is 0 Å². The summed E-state index contributed by atoms with van der Waals surface area (Å²) in [7, 11) is 1.73. The lowest BCUT2D eigenvalue weighted by Gasteiger charge is -2.31. The first-order chi connectivity index (χ1) is 8.61. The zero-order valence-corrected chi connectivity index (χ0v) is 11.6. The van der Waals surface area contributed by atoms with Gasteiger partial charge < -0.3 is 15.8 Å². The number of ether oxygens (including phenoxy) is 1. The minimum Gasteiger partial charge on any atom is -0.494 e. The van der Waals surface area contributed by atoms with E-state index >= 15 is 0 Å². The molecule has 1 fully saturated rings. The smallest absolute Gasteiger partial charge is 0.144 e. The fourth-order valence-electron chi connectivity index (χ4n) is 2.87. The highest BCUT2D eigenvalue weighted by Gasteiger charge is 2.22. The molecule has 3 heteroatoms. The molecule has 1 aromatic rings. The summed E-state index contributed by atoms with van der Waals surface area (Å²) in [4.78, 5) is 0. The Hall–Kier alpha value is -1.22. The maximum absolute atomic E-state index is 6.19.